The molecule has 2 fully saturated rings. The van der Waals surface area contributed by atoms with Crippen molar-refractivity contribution in [2.45, 2.75) is 66.5 Å². The molecule has 1 amide bonds. The summed E-state index contributed by atoms with van der Waals surface area (Å²) in [5.74, 6) is 0.535. The minimum Gasteiger partial charge on any atom is -0.351 e. The van der Waals surface area contributed by atoms with Crippen molar-refractivity contribution in [1.29, 1.82) is 0 Å². The molecule has 1 N–H and O–H groups in total. The molecule has 2 bridgehead atoms. The molecule has 2 saturated carbocycles. The van der Waals surface area contributed by atoms with Gasteiger partial charge in [-0.1, -0.05) is 20.8 Å². The van der Waals surface area contributed by atoms with E-state index in [4.69, 9.17) is 0 Å². The second kappa shape index (κ2) is 5.29. The van der Waals surface area contributed by atoms with E-state index >= 15 is 0 Å². The zero-order chi connectivity index (χ0) is 17.9. The number of nitrogens with zero attached hydrogens (tertiary/aromatic N) is 3. The standard InChI is InChI=1S/C17H26N4O3/c1-10-15(21(23)24)11(2)20(19-10)9-14(22)18-13-8-12-6-7-17(13,5)16(12,3)4/h12-13H,6-9H2,1-5H3,(H,18,22)/t12-,13-,17+/m1/s1. The summed E-state index contributed by atoms with van der Waals surface area (Å²) in [6.45, 7) is 10.1. The highest BCUT2D eigenvalue weighted by atomic mass is 16.6. The number of hydrogen-bond acceptors (Lipinski definition) is 4. The van der Waals surface area contributed by atoms with Gasteiger partial charge in [0.1, 0.15) is 17.9 Å². The lowest BCUT2D eigenvalue weighted by Crippen LogP contribution is -2.47. The quantitative estimate of drug-likeness (QED) is 0.677. The second-order valence-electron chi connectivity index (χ2n) is 8.16. The largest absolute Gasteiger partial charge is 0.351 e. The highest BCUT2D eigenvalue weighted by molar-refractivity contribution is 5.76. The first kappa shape index (κ1) is 16.9. The van der Waals surface area contributed by atoms with Crippen LogP contribution in [0.3, 0.4) is 0 Å². The topological polar surface area (TPSA) is 90.1 Å². The number of nitrogens with one attached hydrogen (secondary N) is 1. The number of nitro groups is 1. The summed E-state index contributed by atoms with van der Waals surface area (Å²) in [6, 6.07) is 0.172. The van der Waals surface area contributed by atoms with Gasteiger partial charge in [-0.05, 0) is 49.9 Å². The Bertz CT molecular complexity index is 709. The lowest BCUT2D eigenvalue weighted by molar-refractivity contribution is -0.386. The van der Waals surface area contributed by atoms with Crippen LogP contribution in [0.4, 0.5) is 5.69 Å². The summed E-state index contributed by atoms with van der Waals surface area (Å²) in [4.78, 5) is 23.1. The second-order valence-corrected chi connectivity index (χ2v) is 8.16. The number of amides is 1. The molecule has 1 aromatic heterocycles. The Balaban J connectivity index is 1.72. The minimum atomic E-state index is -0.439. The van der Waals surface area contributed by atoms with Crippen molar-refractivity contribution in [2.24, 2.45) is 16.7 Å². The third-order valence-electron chi connectivity index (χ3n) is 6.95. The van der Waals surface area contributed by atoms with Crippen molar-refractivity contribution < 1.29 is 9.72 Å². The molecule has 3 atom stereocenters. The maximum Gasteiger partial charge on any atom is 0.312 e. The van der Waals surface area contributed by atoms with Crippen LogP contribution in [0.25, 0.3) is 0 Å². The Hall–Kier alpha value is -1.92. The van der Waals surface area contributed by atoms with E-state index in [2.05, 4.69) is 31.2 Å². The zero-order valence-electron chi connectivity index (χ0n) is 15.0. The number of aromatic nitrogens is 2. The first-order valence-electron chi connectivity index (χ1n) is 8.55. The molecular formula is C17H26N4O3. The average molecular weight is 334 g/mol. The molecule has 0 unspecified atom stereocenters. The normalized spacial score (nSPS) is 30.5. The van der Waals surface area contributed by atoms with E-state index in [0.29, 0.717) is 17.3 Å². The summed E-state index contributed by atoms with van der Waals surface area (Å²) in [6.07, 6.45) is 3.40. The van der Waals surface area contributed by atoms with Gasteiger partial charge in [0, 0.05) is 6.04 Å². The Labute approximate surface area is 142 Å². The van der Waals surface area contributed by atoms with Crippen LogP contribution in [0.2, 0.25) is 0 Å². The summed E-state index contributed by atoms with van der Waals surface area (Å²) in [5.41, 5.74) is 1.12. The SMILES string of the molecule is Cc1nn(CC(=O)N[C@@H]2C[C@H]3CC[C@]2(C)C3(C)C)c(C)c1[N+](=O)[O-]. The number of fused-ring (bicyclic) bond motifs is 2. The summed E-state index contributed by atoms with van der Waals surface area (Å²) in [7, 11) is 0. The van der Waals surface area contributed by atoms with E-state index in [1.54, 1.807) is 13.8 Å². The fraction of sp³-hybridized carbons (Fsp3) is 0.765. The minimum absolute atomic E-state index is 0.00387. The van der Waals surface area contributed by atoms with E-state index in [1.165, 1.54) is 11.1 Å². The predicted octanol–water partition coefficient (Wildman–Crippen LogP) is 2.74. The molecule has 1 aromatic rings. The summed E-state index contributed by atoms with van der Waals surface area (Å²) < 4.78 is 1.43. The molecule has 0 aliphatic heterocycles. The average Bonchev–Trinajstić information content (AvgIpc) is 2.93. The van der Waals surface area contributed by atoms with Gasteiger partial charge in [0.15, 0.2) is 0 Å². The van der Waals surface area contributed by atoms with Gasteiger partial charge in [0.05, 0.1) is 4.92 Å². The molecule has 24 heavy (non-hydrogen) atoms. The molecule has 0 aromatic carbocycles. The van der Waals surface area contributed by atoms with Crippen molar-refractivity contribution >= 4 is 11.6 Å². The molecule has 0 radical (unpaired) electrons. The highest BCUT2D eigenvalue weighted by Crippen LogP contribution is 2.65. The third-order valence-corrected chi connectivity index (χ3v) is 6.95. The van der Waals surface area contributed by atoms with E-state index in [9.17, 15) is 14.9 Å². The van der Waals surface area contributed by atoms with Gasteiger partial charge < -0.3 is 5.32 Å². The Kier molecular flexibility index (Phi) is 3.73. The number of hydrogen-bond donors (Lipinski definition) is 1. The van der Waals surface area contributed by atoms with Gasteiger partial charge in [0.2, 0.25) is 5.91 Å². The number of aryl methyl sites for hydroxylation is 1. The van der Waals surface area contributed by atoms with E-state index in [0.717, 1.165) is 12.8 Å². The molecule has 2 aliphatic carbocycles. The fourth-order valence-corrected chi connectivity index (χ4v) is 4.90. The van der Waals surface area contributed by atoms with Crippen molar-refractivity contribution in [3.63, 3.8) is 0 Å². The van der Waals surface area contributed by atoms with Crippen LogP contribution >= 0.6 is 0 Å². The number of rotatable bonds is 4. The highest BCUT2D eigenvalue weighted by Gasteiger charge is 2.61. The molecule has 7 heteroatoms. The zero-order valence-corrected chi connectivity index (χ0v) is 15.0. The number of carbonyl (C=O) groups excluding carboxylic acids is 1. The van der Waals surface area contributed by atoms with Gasteiger partial charge in [-0.25, -0.2) is 0 Å². The van der Waals surface area contributed by atoms with Crippen molar-refractivity contribution in [3.05, 3.63) is 21.5 Å². The fourth-order valence-electron chi connectivity index (χ4n) is 4.90. The van der Waals surface area contributed by atoms with E-state index in [-0.39, 0.29) is 35.0 Å². The van der Waals surface area contributed by atoms with Gasteiger partial charge >= 0.3 is 5.69 Å². The van der Waals surface area contributed by atoms with E-state index in [1.807, 2.05) is 0 Å². The first-order chi connectivity index (χ1) is 11.1. The van der Waals surface area contributed by atoms with E-state index < -0.39 is 4.92 Å². The van der Waals surface area contributed by atoms with Crippen LogP contribution < -0.4 is 5.32 Å². The Morgan fingerprint density at radius 1 is 1.42 bits per heavy atom. The van der Waals surface area contributed by atoms with Crippen LogP contribution in [0.15, 0.2) is 0 Å². The lowest BCUT2D eigenvalue weighted by Gasteiger charge is -2.39. The van der Waals surface area contributed by atoms with Crippen LogP contribution in [-0.4, -0.2) is 26.7 Å². The summed E-state index contributed by atoms with van der Waals surface area (Å²) >= 11 is 0. The molecule has 0 spiro atoms. The third kappa shape index (κ3) is 2.24. The first-order valence-corrected chi connectivity index (χ1v) is 8.55. The molecule has 3 rings (SSSR count). The van der Waals surface area contributed by atoms with Gasteiger partial charge in [0.25, 0.3) is 0 Å². The maximum absolute atomic E-state index is 12.5. The Morgan fingerprint density at radius 2 is 2.08 bits per heavy atom. The van der Waals surface area contributed by atoms with Crippen LogP contribution in [0, 0.1) is 40.7 Å². The van der Waals surface area contributed by atoms with Crippen LogP contribution in [-0.2, 0) is 11.3 Å². The van der Waals surface area contributed by atoms with Crippen molar-refractivity contribution in [1.82, 2.24) is 15.1 Å². The van der Waals surface area contributed by atoms with Crippen molar-refractivity contribution in [3.8, 4) is 0 Å². The molecule has 1 heterocycles. The smallest absolute Gasteiger partial charge is 0.312 e. The summed E-state index contributed by atoms with van der Waals surface area (Å²) in [5, 5.41) is 18.4. The van der Waals surface area contributed by atoms with Crippen molar-refractivity contribution in [2.75, 3.05) is 0 Å². The lowest BCUT2D eigenvalue weighted by atomic mass is 9.69. The molecular weight excluding hydrogens is 308 g/mol. The molecule has 0 saturated heterocycles. The van der Waals surface area contributed by atoms with Crippen LogP contribution in [0.5, 0.6) is 0 Å². The van der Waals surface area contributed by atoms with Gasteiger partial charge in [-0.15, -0.1) is 0 Å². The monoisotopic (exact) mass is 334 g/mol. The number of carbonyl (C=O) groups is 1. The maximum atomic E-state index is 12.5. The van der Waals surface area contributed by atoms with Crippen LogP contribution in [0.1, 0.15) is 51.4 Å². The predicted molar refractivity (Wildman–Crippen MR) is 89.5 cm³/mol. The van der Waals surface area contributed by atoms with Gasteiger partial charge in [-0.2, -0.15) is 5.10 Å². The van der Waals surface area contributed by atoms with Gasteiger partial charge in [-0.3, -0.25) is 19.6 Å². The molecule has 132 valence electrons. The Morgan fingerprint density at radius 3 is 2.54 bits per heavy atom. The molecule has 2 aliphatic rings. The molecule has 7 nitrogen and oxygen atoms in total.